The second-order valence-electron chi connectivity index (χ2n) is 6.93. The lowest BCUT2D eigenvalue weighted by Crippen LogP contribution is -2.00. The van der Waals surface area contributed by atoms with Crippen molar-refractivity contribution >= 4 is 0 Å². The van der Waals surface area contributed by atoms with Gasteiger partial charge in [-0.15, -0.1) is 6.42 Å². The van der Waals surface area contributed by atoms with Crippen molar-refractivity contribution in [2.45, 2.75) is 20.3 Å². The standard InChI is InChI=1S/C25H21N3O/c1-4-20-7-9-21(10-8-20)17-23-26-12-11-24(27-23)29-25-18(2)15-22(16-19(25)3)28-13-5-6-14-28/h1,5-16H,17H2,2-3H3. The highest BCUT2D eigenvalue weighted by molar-refractivity contribution is 5.50. The van der Waals surface area contributed by atoms with Crippen LogP contribution < -0.4 is 4.74 Å². The molecule has 0 unspecified atom stereocenters. The molecule has 0 spiro atoms. The van der Waals surface area contributed by atoms with E-state index >= 15 is 0 Å². The highest BCUT2D eigenvalue weighted by atomic mass is 16.5. The van der Waals surface area contributed by atoms with Crippen LogP contribution in [0.4, 0.5) is 0 Å². The van der Waals surface area contributed by atoms with Crippen molar-refractivity contribution < 1.29 is 4.74 Å². The molecule has 142 valence electrons. The van der Waals surface area contributed by atoms with Crippen LogP contribution in [-0.2, 0) is 6.42 Å². The summed E-state index contributed by atoms with van der Waals surface area (Å²) >= 11 is 0. The van der Waals surface area contributed by atoms with E-state index in [4.69, 9.17) is 11.2 Å². The van der Waals surface area contributed by atoms with Gasteiger partial charge in [0.2, 0.25) is 5.88 Å². The molecule has 0 radical (unpaired) electrons. The molecule has 0 N–H and O–H groups in total. The number of benzene rings is 2. The summed E-state index contributed by atoms with van der Waals surface area (Å²) in [5, 5.41) is 0. The first-order valence-corrected chi connectivity index (χ1v) is 9.42. The van der Waals surface area contributed by atoms with Gasteiger partial charge in [-0.25, -0.2) is 4.98 Å². The molecule has 0 saturated heterocycles. The zero-order chi connectivity index (χ0) is 20.2. The van der Waals surface area contributed by atoms with Crippen molar-refractivity contribution in [2.24, 2.45) is 0 Å². The van der Waals surface area contributed by atoms with Crippen molar-refractivity contribution in [2.75, 3.05) is 0 Å². The van der Waals surface area contributed by atoms with Crippen LogP contribution in [0.25, 0.3) is 5.69 Å². The molecule has 4 rings (SSSR count). The zero-order valence-corrected chi connectivity index (χ0v) is 16.5. The first-order valence-electron chi connectivity index (χ1n) is 9.42. The van der Waals surface area contributed by atoms with E-state index < -0.39 is 0 Å². The molecule has 0 aliphatic rings. The van der Waals surface area contributed by atoms with E-state index in [0.717, 1.165) is 33.7 Å². The maximum Gasteiger partial charge on any atom is 0.222 e. The van der Waals surface area contributed by atoms with Gasteiger partial charge < -0.3 is 9.30 Å². The van der Waals surface area contributed by atoms with Gasteiger partial charge >= 0.3 is 0 Å². The molecule has 4 aromatic rings. The molecule has 4 heteroatoms. The fourth-order valence-corrected chi connectivity index (χ4v) is 3.27. The van der Waals surface area contributed by atoms with E-state index in [1.54, 1.807) is 12.3 Å². The Morgan fingerprint density at radius 1 is 1.00 bits per heavy atom. The largest absolute Gasteiger partial charge is 0.438 e. The summed E-state index contributed by atoms with van der Waals surface area (Å²) in [7, 11) is 0. The first-order chi connectivity index (χ1) is 14.1. The summed E-state index contributed by atoms with van der Waals surface area (Å²) in [6.07, 6.45) is 11.8. The first kappa shape index (κ1) is 18.5. The molecular formula is C25H21N3O. The van der Waals surface area contributed by atoms with E-state index in [1.165, 1.54) is 0 Å². The van der Waals surface area contributed by atoms with Crippen LogP contribution >= 0.6 is 0 Å². The minimum atomic E-state index is 0.537. The van der Waals surface area contributed by atoms with Crippen molar-refractivity contribution in [1.82, 2.24) is 14.5 Å². The molecule has 4 nitrogen and oxygen atoms in total. The van der Waals surface area contributed by atoms with E-state index in [2.05, 4.69) is 32.6 Å². The zero-order valence-electron chi connectivity index (χ0n) is 16.5. The van der Waals surface area contributed by atoms with Gasteiger partial charge in [0.25, 0.3) is 0 Å². The monoisotopic (exact) mass is 379 g/mol. The Morgan fingerprint density at radius 3 is 2.34 bits per heavy atom. The third kappa shape index (κ3) is 4.20. The summed E-state index contributed by atoms with van der Waals surface area (Å²) in [6, 6.07) is 17.9. The molecule has 2 aromatic heterocycles. The minimum Gasteiger partial charge on any atom is -0.438 e. The second kappa shape index (κ2) is 8.04. The van der Waals surface area contributed by atoms with Crippen molar-refractivity contribution in [3.63, 3.8) is 0 Å². The smallest absolute Gasteiger partial charge is 0.222 e. The number of ether oxygens (including phenoxy) is 1. The van der Waals surface area contributed by atoms with Crippen LogP contribution in [0.5, 0.6) is 11.6 Å². The summed E-state index contributed by atoms with van der Waals surface area (Å²) < 4.78 is 8.22. The van der Waals surface area contributed by atoms with Gasteiger partial charge in [0.1, 0.15) is 11.6 Å². The van der Waals surface area contributed by atoms with Gasteiger partial charge in [-0.2, -0.15) is 4.98 Å². The third-order valence-corrected chi connectivity index (χ3v) is 4.72. The molecule has 0 aliphatic heterocycles. The molecular weight excluding hydrogens is 358 g/mol. The van der Waals surface area contributed by atoms with Crippen LogP contribution in [0.2, 0.25) is 0 Å². The molecule has 0 saturated carbocycles. The molecule has 29 heavy (non-hydrogen) atoms. The Morgan fingerprint density at radius 2 is 1.69 bits per heavy atom. The Kier molecular flexibility index (Phi) is 5.13. The third-order valence-electron chi connectivity index (χ3n) is 4.72. The lowest BCUT2D eigenvalue weighted by molar-refractivity contribution is 0.452. The van der Waals surface area contributed by atoms with Gasteiger partial charge in [0.15, 0.2) is 0 Å². The number of nitrogens with zero attached hydrogens (tertiary/aromatic N) is 3. The van der Waals surface area contributed by atoms with E-state index in [9.17, 15) is 0 Å². The second-order valence-corrected chi connectivity index (χ2v) is 6.93. The van der Waals surface area contributed by atoms with Crippen LogP contribution in [-0.4, -0.2) is 14.5 Å². The van der Waals surface area contributed by atoms with Crippen LogP contribution in [0.1, 0.15) is 28.1 Å². The Balaban J connectivity index is 1.55. The molecule has 0 fully saturated rings. The van der Waals surface area contributed by atoms with Gasteiger partial charge in [0.05, 0.1) is 0 Å². The van der Waals surface area contributed by atoms with Crippen molar-refractivity contribution in [3.05, 3.63) is 101 Å². The average Bonchev–Trinajstić information content (AvgIpc) is 3.26. The molecule has 2 heterocycles. The molecule has 2 aromatic carbocycles. The quantitative estimate of drug-likeness (QED) is 0.445. The van der Waals surface area contributed by atoms with Gasteiger partial charge in [-0.3, -0.25) is 0 Å². The van der Waals surface area contributed by atoms with E-state index in [-0.39, 0.29) is 0 Å². The summed E-state index contributed by atoms with van der Waals surface area (Å²) in [5.74, 6) is 4.69. The summed E-state index contributed by atoms with van der Waals surface area (Å²) in [4.78, 5) is 8.96. The number of hydrogen-bond acceptors (Lipinski definition) is 3. The number of hydrogen-bond donors (Lipinski definition) is 0. The number of aromatic nitrogens is 3. The SMILES string of the molecule is C#Cc1ccc(Cc2nccc(Oc3c(C)cc(-n4cccc4)cc3C)n2)cc1. The maximum atomic E-state index is 6.14. The highest BCUT2D eigenvalue weighted by Crippen LogP contribution is 2.30. The minimum absolute atomic E-state index is 0.537. The topological polar surface area (TPSA) is 39.9 Å². The van der Waals surface area contributed by atoms with Gasteiger partial charge in [0, 0.05) is 42.3 Å². The van der Waals surface area contributed by atoms with Crippen LogP contribution in [0.15, 0.2) is 73.2 Å². The molecule has 0 bridgehead atoms. The van der Waals surface area contributed by atoms with Crippen molar-refractivity contribution in [1.29, 1.82) is 0 Å². The molecule has 0 amide bonds. The summed E-state index contributed by atoms with van der Waals surface area (Å²) in [5.41, 5.74) is 5.18. The number of terminal acetylenes is 1. The van der Waals surface area contributed by atoms with E-state index in [1.807, 2.05) is 62.6 Å². The highest BCUT2D eigenvalue weighted by Gasteiger charge is 2.10. The average molecular weight is 379 g/mol. The van der Waals surface area contributed by atoms with Crippen LogP contribution in [0.3, 0.4) is 0 Å². The van der Waals surface area contributed by atoms with Gasteiger partial charge in [-0.1, -0.05) is 18.1 Å². The normalized spacial score (nSPS) is 10.5. The molecule has 0 aliphatic carbocycles. The number of aryl methyl sites for hydroxylation is 2. The van der Waals surface area contributed by atoms with E-state index in [0.29, 0.717) is 18.1 Å². The lowest BCUT2D eigenvalue weighted by atomic mass is 10.1. The summed E-state index contributed by atoms with van der Waals surface area (Å²) in [6.45, 7) is 4.09. The fourth-order valence-electron chi connectivity index (χ4n) is 3.27. The lowest BCUT2D eigenvalue weighted by Gasteiger charge is -2.14. The Hall–Kier alpha value is -3.84. The Bertz CT molecular complexity index is 1150. The predicted octanol–water partition coefficient (Wildman–Crippen LogP) is 5.25. The van der Waals surface area contributed by atoms with Crippen molar-refractivity contribution in [3.8, 4) is 29.7 Å². The fraction of sp³-hybridized carbons (Fsp3) is 0.120. The number of rotatable bonds is 5. The van der Waals surface area contributed by atoms with Crippen LogP contribution in [0, 0.1) is 26.2 Å². The Labute approximate surface area is 170 Å². The molecule has 0 atom stereocenters. The predicted molar refractivity (Wildman–Crippen MR) is 115 cm³/mol. The maximum absolute atomic E-state index is 6.14. The van der Waals surface area contributed by atoms with Gasteiger partial charge in [-0.05, 0) is 66.9 Å².